The molecule has 4 aromatic heterocycles. The molecule has 0 saturated carbocycles. The summed E-state index contributed by atoms with van der Waals surface area (Å²) in [4.78, 5) is 24.9. The molecule has 0 aliphatic heterocycles. The number of imidazole rings is 1. The van der Waals surface area contributed by atoms with Gasteiger partial charge < -0.3 is 0 Å². The molecule has 1 N–H and O–H groups in total. The maximum atomic E-state index is 12.8. The van der Waals surface area contributed by atoms with Crippen molar-refractivity contribution in [2.45, 2.75) is 0 Å². The van der Waals surface area contributed by atoms with Gasteiger partial charge in [0.05, 0.1) is 22.1 Å². The average molecular weight is 352 g/mol. The first kappa shape index (κ1) is 14.2. The zero-order valence-corrected chi connectivity index (χ0v) is 14.0. The average Bonchev–Trinajstić information content (AvgIpc) is 3.31. The van der Waals surface area contributed by atoms with Crippen LogP contribution in [-0.4, -0.2) is 29.0 Å². The number of H-pyrrole nitrogens is 1. The van der Waals surface area contributed by atoms with Crippen molar-refractivity contribution in [3.05, 3.63) is 77.3 Å². The first-order chi connectivity index (χ1) is 13.3. The Morgan fingerprint density at radius 2 is 1.78 bits per heavy atom. The van der Waals surface area contributed by atoms with Crippen molar-refractivity contribution in [2.75, 3.05) is 0 Å². The molecular formula is C20H12N6O. The van der Waals surface area contributed by atoms with Gasteiger partial charge in [0.25, 0.3) is 0 Å². The van der Waals surface area contributed by atoms with Gasteiger partial charge in [-0.1, -0.05) is 42.5 Å². The van der Waals surface area contributed by atoms with Crippen molar-refractivity contribution in [3.63, 3.8) is 0 Å². The minimum Gasteiger partial charge on any atom is -0.291 e. The van der Waals surface area contributed by atoms with E-state index >= 15 is 0 Å². The molecule has 2 aromatic carbocycles. The van der Waals surface area contributed by atoms with Crippen molar-refractivity contribution in [1.82, 2.24) is 29.0 Å². The molecule has 0 saturated heterocycles. The van der Waals surface area contributed by atoms with Crippen LogP contribution in [0.4, 0.5) is 0 Å². The minimum absolute atomic E-state index is 0.254. The standard InChI is InChI=1S/C20H12N6O/c27-20-23-19-13(18-22-14-8-4-5-9-16(14)25(18)20)11-21-17-10-15(24-26(17)19)12-6-2-1-3-7-12/h1-11H,(H,23,27). The zero-order valence-electron chi connectivity index (χ0n) is 14.0. The molecule has 128 valence electrons. The number of hydrogen-bond acceptors (Lipinski definition) is 4. The number of aromatic nitrogens is 6. The number of nitrogens with one attached hydrogen (secondary N) is 1. The molecule has 27 heavy (non-hydrogen) atoms. The molecule has 0 amide bonds. The maximum Gasteiger partial charge on any atom is 0.333 e. The maximum absolute atomic E-state index is 12.8. The number of fused-ring (bicyclic) bond motifs is 7. The first-order valence-corrected chi connectivity index (χ1v) is 8.53. The Bertz CT molecular complexity index is 1540. The van der Waals surface area contributed by atoms with Crippen molar-refractivity contribution < 1.29 is 0 Å². The molecule has 6 aromatic rings. The Balaban J connectivity index is 1.75. The SMILES string of the molecule is O=c1[nH]c2c(cnc3cc(-c4ccccc4)nn32)c2nc3ccccc3n12. The molecule has 0 bridgehead atoms. The van der Waals surface area contributed by atoms with Gasteiger partial charge in [-0.25, -0.2) is 19.2 Å². The van der Waals surface area contributed by atoms with Gasteiger partial charge in [-0.2, -0.15) is 9.61 Å². The summed E-state index contributed by atoms with van der Waals surface area (Å²) in [6.45, 7) is 0. The van der Waals surface area contributed by atoms with E-state index in [0.717, 1.165) is 27.7 Å². The summed E-state index contributed by atoms with van der Waals surface area (Å²) in [5.41, 5.74) is 4.88. The molecule has 0 fully saturated rings. The highest BCUT2D eigenvalue weighted by molar-refractivity contribution is 5.94. The predicted molar refractivity (Wildman–Crippen MR) is 103 cm³/mol. The van der Waals surface area contributed by atoms with E-state index in [2.05, 4.69) is 20.1 Å². The van der Waals surface area contributed by atoms with E-state index in [1.165, 1.54) is 0 Å². The molecule has 0 radical (unpaired) electrons. The molecular weight excluding hydrogens is 340 g/mol. The van der Waals surface area contributed by atoms with Gasteiger partial charge in [0.2, 0.25) is 0 Å². The second kappa shape index (κ2) is 5.01. The molecule has 0 unspecified atom stereocenters. The van der Waals surface area contributed by atoms with Gasteiger partial charge >= 0.3 is 5.69 Å². The summed E-state index contributed by atoms with van der Waals surface area (Å²) in [7, 11) is 0. The van der Waals surface area contributed by atoms with Gasteiger partial charge in [0.1, 0.15) is 0 Å². The number of aromatic amines is 1. The lowest BCUT2D eigenvalue weighted by Gasteiger charge is -2.02. The quantitative estimate of drug-likeness (QED) is 0.493. The van der Waals surface area contributed by atoms with Crippen LogP contribution in [0, 0.1) is 0 Å². The Kier molecular flexibility index (Phi) is 2.64. The van der Waals surface area contributed by atoms with Gasteiger partial charge in [-0.05, 0) is 12.1 Å². The van der Waals surface area contributed by atoms with Crippen LogP contribution in [0.3, 0.4) is 0 Å². The smallest absolute Gasteiger partial charge is 0.291 e. The van der Waals surface area contributed by atoms with Crippen LogP contribution in [0.5, 0.6) is 0 Å². The third-order valence-electron chi connectivity index (χ3n) is 4.78. The summed E-state index contributed by atoms with van der Waals surface area (Å²) in [6.07, 6.45) is 1.73. The van der Waals surface area contributed by atoms with Crippen molar-refractivity contribution >= 4 is 33.4 Å². The molecule has 7 nitrogen and oxygen atoms in total. The normalized spacial score (nSPS) is 11.9. The van der Waals surface area contributed by atoms with E-state index in [1.54, 1.807) is 15.1 Å². The lowest BCUT2D eigenvalue weighted by molar-refractivity contribution is 0.941. The van der Waals surface area contributed by atoms with Crippen LogP contribution in [0.2, 0.25) is 0 Å². The Morgan fingerprint density at radius 1 is 0.963 bits per heavy atom. The number of benzene rings is 2. The molecule has 0 aliphatic carbocycles. The fourth-order valence-electron chi connectivity index (χ4n) is 3.54. The van der Waals surface area contributed by atoms with E-state index in [-0.39, 0.29) is 5.69 Å². The summed E-state index contributed by atoms with van der Waals surface area (Å²) < 4.78 is 3.24. The topological polar surface area (TPSA) is 80.3 Å². The number of hydrogen-bond donors (Lipinski definition) is 1. The summed E-state index contributed by atoms with van der Waals surface area (Å²) in [5, 5.41) is 5.40. The fraction of sp³-hybridized carbons (Fsp3) is 0. The number of rotatable bonds is 1. The molecule has 6 rings (SSSR count). The highest BCUT2D eigenvalue weighted by Gasteiger charge is 2.15. The van der Waals surface area contributed by atoms with Crippen LogP contribution < -0.4 is 5.69 Å². The Morgan fingerprint density at radius 3 is 2.67 bits per heavy atom. The van der Waals surface area contributed by atoms with E-state index in [4.69, 9.17) is 0 Å². The third-order valence-corrected chi connectivity index (χ3v) is 4.78. The van der Waals surface area contributed by atoms with Crippen LogP contribution in [0.25, 0.3) is 44.6 Å². The summed E-state index contributed by atoms with van der Waals surface area (Å²) in [6, 6.07) is 19.3. The predicted octanol–water partition coefficient (Wildman–Crippen LogP) is 3.04. The van der Waals surface area contributed by atoms with Crippen molar-refractivity contribution in [3.8, 4) is 11.3 Å². The summed E-state index contributed by atoms with van der Waals surface area (Å²) >= 11 is 0. The molecule has 0 aliphatic rings. The first-order valence-electron chi connectivity index (χ1n) is 8.53. The third kappa shape index (κ3) is 1.90. The van der Waals surface area contributed by atoms with Crippen LogP contribution in [0.15, 0.2) is 71.7 Å². The number of para-hydroxylation sites is 2. The van der Waals surface area contributed by atoms with Crippen molar-refractivity contribution in [1.29, 1.82) is 0 Å². The second-order valence-electron chi connectivity index (χ2n) is 6.38. The van der Waals surface area contributed by atoms with Crippen molar-refractivity contribution in [2.24, 2.45) is 0 Å². The van der Waals surface area contributed by atoms with Gasteiger partial charge in [0, 0.05) is 17.8 Å². The molecule has 0 atom stereocenters. The lowest BCUT2D eigenvalue weighted by Crippen LogP contribution is -2.17. The van der Waals surface area contributed by atoms with E-state index in [9.17, 15) is 4.79 Å². The van der Waals surface area contributed by atoms with Gasteiger partial charge in [-0.3, -0.25) is 4.98 Å². The molecule has 7 heteroatoms. The minimum atomic E-state index is -0.254. The molecule has 0 spiro atoms. The monoisotopic (exact) mass is 352 g/mol. The Labute approximate surface area is 151 Å². The largest absolute Gasteiger partial charge is 0.333 e. The van der Waals surface area contributed by atoms with Gasteiger partial charge in [-0.15, -0.1) is 0 Å². The van der Waals surface area contributed by atoms with E-state index in [1.807, 2.05) is 60.7 Å². The Hall–Kier alpha value is -4.00. The van der Waals surface area contributed by atoms with Crippen LogP contribution in [-0.2, 0) is 0 Å². The second-order valence-corrected chi connectivity index (χ2v) is 6.38. The fourth-order valence-corrected chi connectivity index (χ4v) is 3.54. The van der Waals surface area contributed by atoms with Crippen LogP contribution in [0.1, 0.15) is 0 Å². The molecule has 4 heterocycles. The zero-order chi connectivity index (χ0) is 18.0. The lowest BCUT2D eigenvalue weighted by atomic mass is 10.2. The number of nitrogens with zero attached hydrogens (tertiary/aromatic N) is 5. The van der Waals surface area contributed by atoms with E-state index < -0.39 is 0 Å². The van der Waals surface area contributed by atoms with E-state index in [0.29, 0.717) is 16.9 Å². The summed E-state index contributed by atoms with van der Waals surface area (Å²) in [5.74, 6) is 0. The highest BCUT2D eigenvalue weighted by atomic mass is 16.1. The van der Waals surface area contributed by atoms with Gasteiger partial charge in [0.15, 0.2) is 16.9 Å². The highest BCUT2D eigenvalue weighted by Crippen LogP contribution is 2.23. The van der Waals surface area contributed by atoms with Crippen LogP contribution >= 0.6 is 0 Å².